The second kappa shape index (κ2) is 6.45. The molecule has 0 aliphatic heterocycles. The normalized spacial score (nSPS) is 11.3. The Bertz CT molecular complexity index is 573. The average Bonchev–Trinajstić information content (AvgIpc) is 2.75. The van der Waals surface area contributed by atoms with Crippen LogP contribution in [0.1, 0.15) is 19.5 Å². The minimum atomic E-state index is -0.651. The molecule has 0 amide bonds. The fourth-order valence-corrected chi connectivity index (χ4v) is 2.41. The molecule has 1 heterocycles. The topological polar surface area (TPSA) is 29.9 Å². The summed E-state index contributed by atoms with van der Waals surface area (Å²) in [6, 6.07) is 3.87. The molecule has 1 aromatic carbocycles. The molecule has 1 N–H and O–H groups in total. The van der Waals surface area contributed by atoms with Gasteiger partial charge in [-0.2, -0.15) is 5.10 Å². The molecule has 0 fully saturated rings. The van der Waals surface area contributed by atoms with Crippen molar-refractivity contribution in [2.75, 3.05) is 6.54 Å². The summed E-state index contributed by atoms with van der Waals surface area (Å²) in [6.07, 6.45) is 1.66. The Kier molecular flexibility index (Phi) is 4.88. The van der Waals surface area contributed by atoms with Gasteiger partial charge in [0.25, 0.3) is 0 Å². The lowest BCUT2D eigenvalue weighted by Crippen LogP contribution is -2.19. The molecular weight excluding hydrogens is 328 g/mol. The van der Waals surface area contributed by atoms with Crippen molar-refractivity contribution in [3.05, 3.63) is 46.2 Å². The van der Waals surface area contributed by atoms with Gasteiger partial charge in [0, 0.05) is 23.3 Å². The number of rotatable bonds is 5. The molecule has 0 aliphatic carbocycles. The molecule has 6 heteroatoms. The molecule has 0 saturated carbocycles. The van der Waals surface area contributed by atoms with E-state index in [1.54, 1.807) is 6.20 Å². The highest BCUT2D eigenvalue weighted by Gasteiger charge is 2.13. The van der Waals surface area contributed by atoms with Gasteiger partial charge in [-0.3, -0.25) is 0 Å². The second-order valence-electron chi connectivity index (χ2n) is 4.99. The predicted molar refractivity (Wildman–Crippen MR) is 77.7 cm³/mol. The number of hydrogen-bond donors (Lipinski definition) is 1. The van der Waals surface area contributed by atoms with Crippen LogP contribution < -0.4 is 5.32 Å². The fourth-order valence-electron chi connectivity index (χ4n) is 1.82. The van der Waals surface area contributed by atoms with Crippen LogP contribution in [0.3, 0.4) is 0 Å². The monoisotopic (exact) mass is 343 g/mol. The molecule has 0 radical (unpaired) electrons. The van der Waals surface area contributed by atoms with Gasteiger partial charge in [-0.1, -0.05) is 13.8 Å². The Morgan fingerprint density at radius 2 is 2.10 bits per heavy atom. The van der Waals surface area contributed by atoms with E-state index in [9.17, 15) is 8.78 Å². The molecule has 0 unspecified atom stereocenters. The zero-order chi connectivity index (χ0) is 14.7. The van der Waals surface area contributed by atoms with E-state index < -0.39 is 11.6 Å². The summed E-state index contributed by atoms with van der Waals surface area (Å²) in [5, 5.41) is 7.55. The quantitative estimate of drug-likeness (QED) is 0.897. The van der Waals surface area contributed by atoms with E-state index in [-0.39, 0.29) is 5.69 Å². The van der Waals surface area contributed by atoms with Crippen LogP contribution in [0, 0.1) is 17.6 Å². The summed E-state index contributed by atoms with van der Waals surface area (Å²) >= 11 is 3.16. The summed E-state index contributed by atoms with van der Waals surface area (Å²) in [5.74, 6) is -0.716. The van der Waals surface area contributed by atoms with E-state index in [1.807, 2.05) is 6.07 Å². The first-order valence-corrected chi connectivity index (χ1v) is 7.17. The van der Waals surface area contributed by atoms with Gasteiger partial charge in [-0.25, -0.2) is 13.5 Å². The van der Waals surface area contributed by atoms with E-state index in [0.29, 0.717) is 16.9 Å². The van der Waals surface area contributed by atoms with Crippen LogP contribution in [0.5, 0.6) is 0 Å². The van der Waals surface area contributed by atoms with E-state index in [2.05, 4.69) is 40.2 Å². The molecule has 0 aliphatic rings. The molecule has 0 atom stereocenters. The third-order valence-corrected chi connectivity index (χ3v) is 3.32. The lowest BCUT2D eigenvalue weighted by atomic mass is 10.2. The van der Waals surface area contributed by atoms with E-state index in [1.165, 1.54) is 10.7 Å². The molecule has 20 heavy (non-hydrogen) atoms. The van der Waals surface area contributed by atoms with Crippen LogP contribution in [0.25, 0.3) is 5.69 Å². The zero-order valence-corrected chi connectivity index (χ0v) is 12.9. The van der Waals surface area contributed by atoms with Crippen LogP contribution in [-0.2, 0) is 6.54 Å². The largest absolute Gasteiger partial charge is 0.311 e. The Balaban J connectivity index is 2.17. The first-order chi connectivity index (χ1) is 9.47. The molecule has 1 aromatic heterocycles. The van der Waals surface area contributed by atoms with Crippen molar-refractivity contribution in [1.29, 1.82) is 0 Å². The van der Waals surface area contributed by atoms with Crippen LogP contribution in [0.2, 0.25) is 0 Å². The van der Waals surface area contributed by atoms with Crippen molar-refractivity contribution < 1.29 is 8.78 Å². The van der Waals surface area contributed by atoms with Crippen LogP contribution >= 0.6 is 15.9 Å². The number of aromatic nitrogens is 2. The molecule has 0 saturated heterocycles. The molecule has 108 valence electrons. The average molecular weight is 344 g/mol. The summed E-state index contributed by atoms with van der Waals surface area (Å²) in [7, 11) is 0. The van der Waals surface area contributed by atoms with Gasteiger partial charge >= 0.3 is 0 Å². The van der Waals surface area contributed by atoms with Gasteiger partial charge < -0.3 is 5.32 Å². The third kappa shape index (κ3) is 3.64. The lowest BCUT2D eigenvalue weighted by molar-refractivity contribution is 0.544. The maximum Gasteiger partial charge on any atom is 0.152 e. The van der Waals surface area contributed by atoms with Crippen molar-refractivity contribution in [3.63, 3.8) is 0 Å². The van der Waals surface area contributed by atoms with Gasteiger partial charge in [0.1, 0.15) is 11.5 Å². The molecule has 0 bridgehead atoms. The molecule has 2 aromatic rings. The van der Waals surface area contributed by atoms with Crippen LogP contribution in [-0.4, -0.2) is 16.3 Å². The minimum absolute atomic E-state index is 0.210. The highest BCUT2D eigenvalue weighted by atomic mass is 79.9. The van der Waals surface area contributed by atoms with E-state index in [4.69, 9.17) is 0 Å². The predicted octanol–water partition coefficient (Wildman–Crippen LogP) is 3.66. The van der Waals surface area contributed by atoms with Crippen molar-refractivity contribution >= 4 is 15.9 Å². The number of benzene rings is 1. The van der Waals surface area contributed by atoms with Crippen molar-refractivity contribution in [3.8, 4) is 5.69 Å². The Labute approximate surface area is 125 Å². The molecule has 3 nitrogen and oxygen atoms in total. The van der Waals surface area contributed by atoms with Crippen LogP contribution in [0.15, 0.2) is 28.9 Å². The van der Waals surface area contributed by atoms with E-state index >= 15 is 0 Å². The second-order valence-corrected chi connectivity index (χ2v) is 5.85. The van der Waals surface area contributed by atoms with Gasteiger partial charge in [0.15, 0.2) is 5.82 Å². The number of nitrogens with one attached hydrogen (secondary N) is 1. The summed E-state index contributed by atoms with van der Waals surface area (Å²) < 4.78 is 28.6. The summed E-state index contributed by atoms with van der Waals surface area (Å²) in [5.41, 5.74) is 1.02. The first-order valence-electron chi connectivity index (χ1n) is 6.37. The van der Waals surface area contributed by atoms with Gasteiger partial charge in [0.2, 0.25) is 0 Å². The van der Waals surface area contributed by atoms with Gasteiger partial charge in [-0.15, -0.1) is 0 Å². The minimum Gasteiger partial charge on any atom is -0.311 e. The van der Waals surface area contributed by atoms with Crippen molar-refractivity contribution in [2.24, 2.45) is 5.92 Å². The highest BCUT2D eigenvalue weighted by molar-refractivity contribution is 9.10. The summed E-state index contributed by atoms with van der Waals surface area (Å²) in [4.78, 5) is 0. The molecule has 2 rings (SSSR count). The summed E-state index contributed by atoms with van der Waals surface area (Å²) in [6.45, 7) is 5.75. The number of nitrogens with zero attached hydrogens (tertiary/aromatic N) is 2. The van der Waals surface area contributed by atoms with Gasteiger partial charge in [-0.05, 0) is 40.5 Å². The van der Waals surface area contributed by atoms with Crippen LogP contribution in [0.4, 0.5) is 8.78 Å². The number of halogens is 3. The maximum absolute atomic E-state index is 13.8. The van der Waals surface area contributed by atoms with Crippen molar-refractivity contribution in [1.82, 2.24) is 15.1 Å². The Morgan fingerprint density at radius 3 is 2.75 bits per heavy atom. The first kappa shape index (κ1) is 15.1. The molecule has 0 spiro atoms. The standard InChI is InChI=1S/C14H16BrF2N3/c1-9(2)7-18-8-11-3-4-20(19-11)14-12(15)5-10(16)6-13(14)17/h3-6,9,18H,7-8H2,1-2H3. The molecular formula is C14H16BrF2N3. The fraction of sp³-hybridized carbons (Fsp3) is 0.357. The van der Waals surface area contributed by atoms with Crippen molar-refractivity contribution in [2.45, 2.75) is 20.4 Å². The smallest absolute Gasteiger partial charge is 0.152 e. The third-order valence-electron chi connectivity index (χ3n) is 2.71. The SMILES string of the molecule is CC(C)CNCc1ccn(-c2c(F)cc(F)cc2Br)n1. The highest BCUT2D eigenvalue weighted by Crippen LogP contribution is 2.25. The van der Waals surface area contributed by atoms with Gasteiger partial charge in [0.05, 0.1) is 5.69 Å². The number of hydrogen-bond acceptors (Lipinski definition) is 2. The zero-order valence-electron chi connectivity index (χ0n) is 11.3. The van der Waals surface area contributed by atoms with E-state index in [0.717, 1.165) is 18.3 Å². The Hall–Kier alpha value is -1.27. The Morgan fingerprint density at radius 1 is 1.35 bits per heavy atom. The lowest BCUT2D eigenvalue weighted by Gasteiger charge is -2.07. The maximum atomic E-state index is 13.8.